The average Bonchev–Trinajstić information content (AvgIpc) is 3.40. The molecule has 0 fully saturated rings. The summed E-state index contributed by atoms with van der Waals surface area (Å²) >= 11 is 1.15. The summed E-state index contributed by atoms with van der Waals surface area (Å²) in [7, 11) is 1.67. The second-order valence-electron chi connectivity index (χ2n) is 6.10. The van der Waals surface area contributed by atoms with Crippen molar-refractivity contribution in [1.29, 1.82) is 0 Å². The van der Waals surface area contributed by atoms with Crippen LogP contribution in [0.2, 0.25) is 0 Å². The zero-order chi connectivity index (χ0) is 20.2. The predicted molar refractivity (Wildman–Crippen MR) is 110 cm³/mol. The minimum atomic E-state index is -0.389. The lowest BCUT2D eigenvalue weighted by atomic mass is 10.1. The number of hydrogen-bond donors (Lipinski definition) is 1. The Morgan fingerprint density at radius 3 is 2.83 bits per heavy atom. The van der Waals surface area contributed by atoms with Crippen LogP contribution in [0.4, 0.5) is 20.0 Å². The van der Waals surface area contributed by atoms with Crippen LogP contribution in [0.25, 0.3) is 11.1 Å². The molecule has 0 saturated carbocycles. The number of carbonyl (C=O) groups excluding carboxylic acids is 1. The third kappa shape index (κ3) is 4.44. The number of carbonyl (C=O) groups is 1. The van der Waals surface area contributed by atoms with Crippen LogP contribution in [0.5, 0.6) is 10.8 Å². The van der Waals surface area contributed by atoms with Crippen LogP contribution in [0.3, 0.4) is 0 Å². The summed E-state index contributed by atoms with van der Waals surface area (Å²) in [6.07, 6.45) is 4.73. The van der Waals surface area contributed by atoms with Crippen molar-refractivity contribution in [1.82, 2.24) is 4.98 Å². The number of urea groups is 1. The number of nitrogens with one attached hydrogen (secondary N) is 1. The summed E-state index contributed by atoms with van der Waals surface area (Å²) in [5.41, 5.74) is 2.59. The van der Waals surface area contributed by atoms with Gasteiger partial charge in [-0.25, -0.2) is 14.2 Å². The van der Waals surface area contributed by atoms with Crippen molar-refractivity contribution in [3.05, 3.63) is 79.1 Å². The first-order valence-electron chi connectivity index (χ1n) is 8.65. The summed E-state index contributed by atoms with van der Waals surface area (Å²) in [6.45, 7) is 0. The van der Waals surface area contributed by atoms with Gasteiger partial charge in [-0.3, -0.25) is 10.2 Å². The number of anilines is 2. The summed E-state index contributed by atoms with van der Waals surface area (Å²) in [4.78, 5) is 18.2. The summed E-state index contributed by atoms with van der Waals surface area (Å²) in [6, 6.07) is 14.9. The maximum atomic E-state index is 13.3. The molecule has 0 atom stereocenters. The van der Waals surface area contributed by atoms with Gasteiger partial charge in [0.25, 0.3) is 0 Å². The third-order valence-corrected chi connectivity index (χ3v) is 4.90. The van der Waals surface area contributed by atoms with Gasteiger partial charge < -0.3 is 9.15 Å². The maximum Gasteiger partial charge on any atom is 0.327 e. The fourth-order valence-corrected chi connectivity index (χ4v) is 3.30. The van der Waals surface area contributed by atoms with Crippen molar-refractivity contribution in [2.24, 2.45) is 0 Å². The van der Waals surface area contributed by atoms with Gasteiger partial charge in [0, 0.05) is 24.4 Å². The minimum Gasteiger partial charge on any atom is -0.472 e. The highest BCUT2D eigenvalue weighted by Gasteiger charge is 2.14. The molecule has 0 aliphatic rings. The minimum absolute atomic E-state index is 0.346. The first-order chi connectivity index (χ1) is 14.1. The molecule has 0 spiro atoms. The number of furan rings is 1. The number of halogens is 1. The van der Waals surface area contributed by atoms with Crippen LogP contribution in [-0.2, 0) is 0 Å². The molecule has 0 unspecified atom stereocenters. The highest BCUT2D eigenvalue weighted by Crippen LogP contribution is 2.31. The summed E-state index contributed by atoms with van der Waals surface area (Å²) in [5.74, 6) is -0.0282. The molecule has 6 nitrogen and oxygen atoms in total. The number of rotatable bonds is 5. The van der Waals surface area contributed by atoms with Crippen LogP contribution in [0.15, 0.2) is 77.7 Å². The fourth-order valence-electron chi connectivity index (χ4n) is 2.63. The molecule has 4 rings (SSSR count). The Hall–Kier alpha value is -3.65. The van der Waals surface area contributed by atoms with E-state index in [1.807, 2.05) is 30.3 Å². The van der Waals surface area contributed by atoms with Crippen LogP contribution < -0.4 is 15.0 Å². The van der Waals surface area contributed by atoms with Crippen LogP contribution >= 0.6 is 11.3 Å². The summed E-state index contributed by atoms with van der Waals surface area (Å²) in [5, 5.41) is 3.55. The SMILES string of the molecule is CN(C(=O)Nc1ncc(Oc2cccc(F)c2)s1)c1cccc(-c2ccoc2)c1. The van der Waals surface area contributed by atoms with Gasteiger partial charge in [0.15, 0.2) is 5.13 Å². The monoisotopic (exact) mass is 409 g/mol. The molecular formula is C21H16FN3O3S. The van der Waals surface area contributed by atoms with E-state index in [2.05, 4.69) is 10.3 Å². The quantitative estimate of drug-likeness (QED) is 0.439. The molecule has 0 aliphatic carbocycles. The van der Waals surface area contributed by atoms with Gasteiger partial charge in [-0.05, 0) is 35.9 Å². The smallest absolute Gasteiger partial charge is 0.327 e. The molecule has 8 heteroatoms. The van der Waals surface area contributed by atoms with E-state index in [-0.39, 0.29) is 11.8 Å². The first-order valence-corrected chi connectivity index (χ1v) is 9.47. The number of hydrogen-bond acceptors (Lipinski definition) is 5. The number of ether oxygens (including phenoxy) is 1. The van der Waals surface area contributed by atoms with Crippen molar-refractivity contribution in [2.75, 3.05) is 17.3 Å². The van der Waals surface area contributed by atoms with E-state index in [0.717, 1.165) is 22.5 Å². The number of benzene rings is 2. The Labute approximate surface area is 170 Å². The predicted octanol–water partition coefficient (Wildman–Crippen LogP) is 6.00. The Bertz CT molecular complexity index is 1130. The summed E-state index contributed by atoms with van der Waals surface area (Å²) < 4.78 is 23.9. The standard InChI is InChI=1S/C21H16FN3O3S/c1-25(17-6-2-4-14(10-17)15-8-9-27-13-15)21(26)24-20-23-12-19(29-20)28-18-7-3-5-16(22)11-18/h2-13H,1H3,(H,23,24,26). The Balaban J connectivity index is 1.43. The van der Waals surface area contributed by atoms with Gasteiger partial charge in [-0.1, -0.05) is 29.5 Å². The van der Waals surface area contributed by atoms with E-state index in [4.69, 9.17) is 9.15 Å². The van der Waals surface area contributed by atoms with Crippen molar-refractivity contribution >= 4 is 28.2 Å². The van der Waals surface area contributed by atoms with Gasteiger partial charge in [-0.2, -0.15) is 0 Å². The van der Waals surface area contributed by atoms with Crippen LogP contribution in [0.1, 0.15) is 0 Å². The van der Waals surface area contributed by atoms with Crippen molar-refractivity contribution in [3.8, 4) is 21.9 Å². The molecule has 2 amide bonds. The number of thiazole rings is 1. The van der Waals surface area contributed by atoms with Crippen molar-refractivity contribution < 1.29 is 18.3 Å². The molecule has 0 saturated heterocycles. The lowest BCUT2D eigenvalue weighted by Crippen LogP contribution is -2.31. The normalized spacial score (nSPS) is 10.6. The number of aromatic nitrogens is 1. The van der Waals surface area contributed by atoms with Crippen LogP contribution in [0, 0.1) is 5.82 Å². The van der Waals surface area contributed by atoms with E-state index in [9.17, 15) is 9.18 Å². The molecule has 2 aromatic heterocycles. The highest BCUT2D eigenvalue weighted by atomic mass is 32.1. The van der Waals surface area contributed by atoms with Gasteiger partial charge in [-0.15, -0.1) is 0 Å². The average molecular weight is 409 g/mol. The fraction of sp³-hybridized carbons (Fsp3) is 0.0476. The van der Waals surface area contributed by atoms with Crippen molar-refractivity contribution in [3.63, 3.8) is 0 Å². The second-order valence-corrected chi connectivity index (χ2v) is 7.09. The van der Waals surface area contributed by atoms with Gasteiger partial charge >= 0.3 is 6.03 Å². The zero-order valence-corrected chi connectivity index (χ0v) is 16.2. The topological polar surface area (TPSA) is 67.6 Å². The molecule has 2 aromatic carbocycles. The molecule has 0 aliphatic heterocycles. The van der Waals surface area contributed by atoms with Gasteiger partial charge in [0.2, 0.25) is 5.06 Å². The Morgan fingerprint density at radius 2 is 2.03 bits per heavy atom. The third-order valence-electron chi connectivity index (χ3n) is 4.11. The maximum absolute atomic E-state index is 13.3. The Morgan fingerprint density at radius 1 is 1.17 bits per heavy atom. The molecule has 0 radical (unpaired) electrons. The Kier molecular flexibility index (Phi) is 5.26. The number of amides is 2. The van der Waals surface area contributed by atoms with E-state index < -0.39 is 0 Å². The molecule has 146 valence electrons. The lowest BCUT2D eigenvalue weighted by Gasteiger charge is -2.17. The first kappa shape index (κ1) is 18.7. The highest BCUT2D eigenvalue weighted by molar-refractivity contribution is 7.17. The molecule has 2 heterocycles. The van der Waals surface area contributed by atoms with E-state index in [1.54, 1.807) is 31.7 Å². The van der Waals surface area contributed by atoms with Crippen molar-refractivity contribution in [2.45, 2.75) is 0 Å². The molecule has 1 N–H and O–H groups in total. The van der Waals surface area contributed by atoms with E-state index in [1.165, 1.54) is 23.2 Å². The van der Waals surface area contributed by atoms with Gasteiger partial charge in [0.05, 0.1) is 18.7 Å². The molecule has 29 heavy (non-hydrogen) atoms. The molecular weight excluding hydrogens is 393 g/mol. The number of nitrogens with zero attached hydrogens (tertiary/aromatic N) is 2. The zero-order valence-electron chi connectivity index (χ0n) is 15.3. The largest absolute Gasteiger partial charge is 0.472 e. The lowest BCUT2D eigenvalue weighted by molar-refractivity contribution is 0.258. The van der Waals surface area contributed by atoms with E-state index >= 15 is 0 Å². The molecule has 4 aromatic rings. The van der Waals surface area contributed by atoms with Gasteiger partial charge in [0.1, 0.15) is 11.6 Å². The van der Waals surface area contributed by atoms with Crippen LogP contribution in [-0.4, -0.2) is 18.1 Å². The molecule has 0 bridgehead atoms. The second kappa shape index (κ2) is 8.15. The van der Waals surface area contributed by atoms with E-state index in [0.29, 0.717) is 21.6 Å².